The van der Waals surface area contributed by atoms with Crippen molar-refractivity contribution in [3.05, 3.63) is 34.3 Å². The van der Waals surface area contributed by atoms with Crippen molar-refractivity contribution in [2.75, 3.05) is 32.7 Å². The van der Waals surface area contributed by atoms with E-state index in [9.17, 15) is 9.59 Å². The highest BCUT2D eigenvalue weighted by atomic mass is 79.9. The third kappa shape index (κ3) is 4.71. The van der Waals surface area contributed by atoms with Gasteiger partial charge < -0.3 is 15.5 Å². The summed E-state index contributed by atoms with van der Waals surface area (Å²) in [6.45, 7) is 4.07. The standard InChI is InChI=1S/C17H22BrN3O2.ClH/c18-15-3-1-14(2-4-15)17(23)21-7-5-13(6-8-21)16(22)20-11-12-9-19-10-12;/h1-4,12-13,19H,5-11H2,(H,20,22);1H. The molecule has 5 nitrogen and oxygen atoms in total. The molecule has 2 aliphatic heterocycles. The molecule has 2 amide bonds. The molecule has 0 atom stereocenters. The first-order chi connectivity index (χ1) is 11.1. The fourth-order valence-electron chi connectivity index (χ4n) is 3.00. The molecule has 1 aromatic carbocycles. The van der Waals surface area contributed by atoms with Crippen molar-refractivity contribution >= 4 is 40.2 Å². The molecule has 3 rings (SSSR count). The zero-order chi connectivity index (χ0) is 16.2. The van der Waals surface area contributed by atoms with Crippen LogP contribution >= 0.6 is 28.3 Å². The lowest BCUT2D eigenvalue weighted by Crippen LogP contribution is -2.50. The molecular weight excluding hydrogens is 394 g/mol. The van der Waals surface area contributed by atoms with Gasteiger partial charge >= 0.3 is 0 Å². The molecule has 0 radical (unpaired) electrons. The van der Waals surface area contributed by atoms with Gasteiger partial charge in [-0.25, -0.2) is 0 Å². The summed E-state index contributed by atoms with van der Waals surface area (Å²) in [6.07, 6.45) is 1.49. The molecular formula is C17H23BrClN3O2. The normalized spacial score (nSPS) is 18.5. The summed E-state index contributed by atoms with van der Waals surface area (Å²) < 4.78 is 0.964. The van der Waals surface area contributed by atoms with Crippen molar-refractivity contribution in [1.29, 1.82) is 0 Å². The highest BCUT2D eigenvalue weighted by molar-refractivity contribution is 9.10. The van der Waals surface area contributed by atoms with Crippen LogP contribution in [-0.2, 0) is 4.79 Å². The van der Waals surface area contributed by atoms with Crippen molar-refractivity contribution in [3.8, 4) is 0 Å². The molecule has 2 aliphatic rings. The maximum Gasteiger partial charge on any atom is 0.253 e. The van der Waals surface area contributed by atoms with Gasteiger partial charge in [0.15, 0.2) is 0 Å². The van der Waals surface area contributed by atoms with Gasteiger partial charge in [-0.05, 0) is 37.1 Å². The SMILES string of the molecule is Cl.O=C(NCC1CNC1)C1CCN(C(=O)c2ccc(Br)cc2)CC1. The van der Waals surface area contributed by atoms with Gasteiger partial charge in [0.25, 0.3) is 5.91 Å². The van der Waals surface area contributed by atoms with Crippen molar-refractivity contribution in [2.24, 2.45) is 11.8 Å². The van der Waals surface area contributed by atoms with E-state index < -0.39 is 0 Å². The number of piperidine rings is 1. The molecule has 2 fully saturated rings. The summed E-state index contributed by atoms with van der Waals surface area (Å²) >= 11 is 3.38. The molecule has 2 N–H and O–H groups in total. The van der Waals surface area contributed by atoms with Crippen LogP contribution in [0.15, 0.2) is 28.7 Å². The number of hydrogen-bond donors (Lipinski definition) is 2. The van der Waals surface area contributed by atoms with Gasteiger partial charge in [-0.1, -0.05) is 15.9 Å². The molecule has 132 valence electrons. The summed E-state index contributed by atoms with van der Waals surface area (Å²) in [7, 11) is 0. The van der Waals surface area contributed by atoms with Gasteiger partial charge in [-0.3, -0.25) is 9.59 Å². The van der Waals surface area contributed by atoms with Crippen LogP contribution in [0, 0.1) is 11.8 Å². The second kappa shape index (κ2) is 8.83. The topological polar surface area (TPSA) is 61.4 Å². The van der Waals surface area contributed by atoms with E-state index in [1.165, 1.54) is 0 Å². The average Bonchev–Trinajstić information content (AvgIpc) is 2.53. The van der Waals surface area contributed by atoms with E-state index in [2.05, 4.69) is 26.6 Å². The van der Waals surface area contributed by atoms with Crippen LogP contribution in [0.3, 0.4) is 0 Å². The fraction of sp³-hybridized carbons (Fsp3) is 0.529. The van der Waals surface area contributed by atoms with E-state index in [4.69, 9.17) is 0 Å². The number of halogens is 2. The maximum atomic E-state index is 12.5. The van der Waals surface area contributed by atoms with Crippen LogP contribution in [0.5, 0.6) is 0 Å². The molecule has 24 heavy (non-hydrogen) atoms. The highest BCUT2D eigenvalue weighted by Crippen LogP contribution is 2.20. The lowest BCUT2D eigenvalue weighted by Gasteiger charge is -2.32. The van der Waals surface area contributed by atoms with Crippen molar-refractivity contribution < 1.29 is 9.59 Å². The quantitative estimate of drug-likeness (QED) is 0.790. The average molecular weight is 417 g/mol. The van der Waals surface area contributed by atoms with Crippen LogP contribution in [0.4, 0.5) is 0 Å². The predicted molar refractivity (Wildman–Crippen MR) is 99.4 cm³/mol. The summed E-state index contributed by atoms with van der Waals surface area (Å²) in [4.78, 5) is 26.5. The smallest absolute Gasteiger partial charge is 0.253 e. The van der Waals surface area contributed by atoms with Gasteiger partial charge in [-0.2, -0.15) is 0 Å². The molecule has 2 saturated heterocycles. The molecule has 2 heterocycles. The second-order valence-corrected chi connectivity index (χ2v) is 7.26. The van der Waals surface area contributed by atoms with E-state index in [-0.39, 0.29) is 30.1 Å². The maximum absolute atomic E-state index is 12.5. The first-order valence-corrected chi connectivity index (χ1v) is 8.96. The summed E-state index contributed by atoms with van der Waals surface area (Å²) in [5, 5.41) is 6.25. The number of likely N-dealkylation sites (tertiary alicyclic amines) is 1. The lowest BCUT2D eigenvalue weighted by molar-refractivity contribution is -0.126. The third-order valence-corrected chi connectivity index (χ3v) is 5.20. The van der Waals surface area contributed by atoms with E-state index in [1.807, 2.05) is 29.2 Å². The second-order valence-electron chi connectivity index (χ2n) is 6.34. The van der Waals surface area contributed by atoms with E-state index in [1.54, 1.807) is 0 Å². The highest BCUT2D eigenvalue weighted by Gasteiger charge is 2.28. The number of hydrogen-bond acceptors (Lipinski definition) is 3. The number of carbonyl (C=O) groups is 2. The molecule has 0 aliphatic carbocycles. The molecule has 0 spiro atoms. The first kappa shape index (κ1) is 19.2. The lowest BCUT2D eigenvalue weighted by atomic mass is 9.94. The number of benzene rings is 1. The minimum atomic E-state index is 0. The Morgan fingerprint density at radius 1 is 1.17 bits per heavy atom. The Bertz CT molecular complexity index is 570. The minimum absolute atomic E-state index is 0. The molecule has 0 saturated carbocycles. The van der Waals surface area contributed by atoms with Crippen LogP contribution in [0.25, 0.3) is 0 Å². The molecule has 0 aromatic heterocycles. The van der Waals surface area contributed by atoms with Gasteiger partial charge in [0.1, 0.15) is 0 Å². The van der Waals surface area contributed by atoms with Crippen LogP contribution < -0.4 is 10.6 Å². The van der Waals surface area contributed by atoms with Gasteiger partial charge in [-0.15, -0.1) is 12.4 Å². The molecule has 1 aromatic rings. The van der Waals surface area contributed by atoms with Crippen LogP contribution in [-0.4, -0.2) is 49.4 Å². The van der Waals surface area contributed by atoms with Crippen molar-refractivity contribution in [1.82, 2.24) is 15.5 Å². The van der Waals surface area contributed by atoms with Gasteiger partial charge in [0.2, 0.25) is 5.91 Å². The Hall–Kier alpha value is -1.11. The summed E-state index contributed by atoms with van der Waals surface area (Å²) in [5.74, 6) is 0.819. The number of carbonyl (C=O) groups excluding carboxylic acids is 2. The fourth-order valence-corrected chi connectivity index (χ4v) is 3.27. The first-order valence-electron chi connectivity index (χ1n) is 8.17. The summed E-state index contributed by atoms with van der Waals surface area (Å²) in [5.41, 5.74) is 0.702. The summed E-state index contributed by atoms with van der Waals surface area (Å²) in [6, 6.07) is 7.42. The Morgan fingerprint density at radius 2 is 1.79 bits per heavy atom. The number of nitrogens with zero attached hydrogens (tertiary/aromatic N) is 1. The Labute approximate surface area is 157 Å². The number of rotatable bonds is 4. The molecule has 0 unspecified atom stereocenters. The largest absolute Gasteiger partial charge is 0.355 e. The minimum Gasteiger partial charge on any atom is -0.355 e. The number of amides is 2. The zero-order valence-corrected chi connectivity index (χ0v) is 15.9. The van der Waals surface area contributed by atoms with Crippen molar-refractivity contribution in [3.63, 3.8) is 0 Å². The van der Waals surface area contributed by atoms with E-state index in [0.29, 0.717) is 24.6 Å². The van der Waals surface area contributed by atoms with E-state index >= 15 is 0 Å². The Balaban J connectivity index is 0.00000208. The monoisotopic (exact) mass is 415 g/mol. The predicted octanol–water partition coefficient (Wildman–Crippen LogP) is 2.06. The zero-order valence-electron chi connectivity index (χ0n) is 13.5. The Morgan fingerprint density at radius 3 is 2.33 bits per heavy atom. The third-order valence-electron chi connectivity index (χ3n) is 4.68. The molecule has 0 bridgehead atoms. The molecule has 7 heteroatoms. The number of nitrogens with one attached hydrogen (secondary N) is 2. The van der Waals surface area contributed by atoms with E-state index in [0.717, 1.165) is 36.9 Å². The van der Waals surface area contributed by atoms with Crippen molar-refractivity contribution in [2.45, 2.75) is 12.8 Å². The Kier molecular flexibility index (Phi) is 7.07. The van der Waals surface area contributed by atoms with Crippen LogP contribution in [0.2, 0.25) is 0 Å². The van der Waals surface area contributed by atoms with Crippen LogP contribution in [0.1, 0.15) is 23.2 Å². The van der Waals surface area contributed by atoms with Gasteiger partial charge in [0.05, 0.1) is 0 Å². The van der Waals surface area contributed by atoms with Gasteiger partial charge in [0, 0.05) is 54.6 Å².